The zero-order valence-electron chi connectivity index (χ0n) is 38.8. The molecule has 2 heterocycles. The number of nitriles is 2. The first-order chi connectivity index (χ1) is 33.8. The summed E-state index contributed by atoms with van der Waals surface area (Å²) in [6, 6.07) is 74.1. The van der Waals surface area contributed by atoms with Crippen molar-refractivity contribution in [1.29, 1.82) is 10.5 Å². The van der Waals surface area contributed by atoms with Gasteiger partial charge in [-0.3, -0.25) is 0 Å². The molecule has 11 aromatic rings. The molecule has 0 aliphatic rings. The Morgan fingerprint density at radius 1 is 0.362 bits per heavy atom. The van der Waals surface area contributed by atoms with Gasteiger partial charge >= 0.3 is 0 Å². The van der Waals surface area contributed by atoms with Crippen molar-refractivity contribution in [2.45, 2.75) is 27.7 Å². The smallest absolute Gasteiger partial charge is 0.160 e. The predicted octanol–water partition coefficient (Wildman–Crippen LogP) is 16.2. The van der Waals surface area contributed by atoms with E-state index in [-0.39, 0.29) is 0 Å². The molecule has 9 aromatic carbocycles. The Kier molecular flexibility index (Phi) is 10.8. The van der Waals surface area contributed by atoms with Crippen LogP contribution in [0.15, 0.2) is 200 Å². The van der Waals surface area contributed by atoms with Gasteiger partial charge in [-0.25, -0.2) is 9.97 Å². The second-order valence-corrected chi connectivity index (χ2v) is 17.9. The first-order valence-corrected chi connectivity index (χ1v) is 23.2. The Balaban J connectivity index is 1.29. The molecular formula is C64H45N5. The molecule has 326 valence electrons. The number of hydrogen-bond donors (Lipinski definition) is 0. The summed E-state index contributed by atoms with van der Waals surface area (Å²) in [4.78, 5) is 10.4. The summed E-state index contributed by atoms with van der Waals surface area (Å²) in [5.41, 5.74) is 20.7. The lowest BCUT2D eigenvalue weighted by Crippen LogP contribution is -2.04. The largest absolute Gasteiger partial charge is 0.308 e. The molecule has 0 unspecified atom stereocenters. The Hall–Kier alpha value is -9.16. The maximum Gasteiger partial charge on any atom is 0.160 e. The Morgan fingerprint density at radius 2 is 0.812 bits per heavy atom. The number of rotatable bonds is 8. The van der Waals surface area contributed by atoms with Crippen LogP contribution in [-0.2, 0) is 0 Å². The molecule has 0 amide bonds. The van der Waals surface area contributed by atoms with Crippen LogP contribution in [0.25, 0.3) is 106 Å². The van der Waals surface area contributed by atoms with Crippen LogP contribution in [0.5, 0.6) is 0 Å². The van der Waals surface area contributed by atoms with Crippen LogP contribution in [-0.4, -0.2) is 14.5 Å². The lowest BCUT2D eigenvalue weighted by Gasteiger charge is -2.22. The first-order valence-electron chi connectivity index (χ1n) is 23.2. The third kappa shape index (κ3) is 7.73. The van der Waals surface area contributed by atoms with Crippen LogP contribution in [0.3, 0.4) is 0 Å². The summed E-state index contributed by atoms with van der Waals surface area (Å²) in [6.07, 6.45) is 0. The minimum Gasteiger partial charge on any atom is -0.308 e. The first kappa shape index (κ1) is 42.5. The molecule has 2 aromatic heterocycles. The number of fused-ring (bicyclic) bond motifs is 3. The summed E-state index contributed by atoms with van der Waals surface area (Å²) >= 11 is 0. The number of aryl methyl sites for hydroxylation is 4. The van der Waals surface area contributed by atoms with Crippen LogP contribution < -0.4 is 0 Å². The fourth-order valence-corrected chi connectivity index (χ4v) is 10.0. The van der Waals surface area contributed by atoms with Gasteiger partial charge in [0.05, 0.1) is 51.4 Å². The molecule has 5 heteroatoms. The van der Waals surface area contributed by atoms with Crippen LogP contribution in [0.1, 0.15) is 33.4 Å². The second kappa shape index (κ2) is 17.6. The molecular weight excluding hydrogens is 839 g/mol. The zero-order valence-corrected chi connectivity index (χ0v) is 38.8. The molecule has 0 bridgehead atoms. The SMILES string of the molecule is Cc1ccc(-c2ccc3c(c2)c2cc(-c4ccc(C)cc4C)ccc2n3-c2c(-c3ccccc3C#N)cc(-c3cc(-c4ccccc4)nc(-c4ccccc4)n3)cc2-c2ccccc2C#N)c(C)c1. The van der Waals surface area contributed by atoms with E-state index in [0.717, 1.165) is 83.3 Å². The van der Waals surface area contributed by atoms with Gasteiger partial charge in [0.15, 0.2) is 5.82 Å². The van der Waals surface area contributed by atoms with Gasteiger partial charge < -0.3 is 4.57 Å². The zero-order chi connectivity index (χ0) is 47.2. The van der Waals surface area contributed by atoms with Gasteiger partial charge in [0.2, 0.25) is 0 Å². The van der Waals surface area contributed by atoms with Gasteiger partial charge in [-0.05, 0) is 116 Å². The molecule has 0 saturated heterocycles. The molecule has 11 rings (SSSR count). The van der Waals surface area contributed by atoms with E-state index < -0.39 is 0 Å². The van der Waals surface area contributed by atoms with E-state index in [9.17, 15) is 10.5 Å². The molecule has 0 aliphatic carbocycles. The fraction of sp³-hybridized carbons (Fsp3) is 0.0625. The van der Waals surface area contributed by atoms with Gasteiger partial charge in [0.1, 0.15) is 0 Å². The molecule has 5 nitrogen and oxygen atoms in total. The molecule has 0 spiro atoms. The van der Waals surface area contributed by atoms with Gasteiger partial charge in [0.25, 0.3) is 0 Å². The predicted molar refractivity (Wildman–Crippen MR) is 283 cm³/mol. The monoisotopic (exact) mass is 883 g/mol. The lowest BCUT2D eigenvalue weighted by molar-refractivity contribution is 1.17. The van der Waals surface area contributed by atoms with Crippen molar-refractivity contribution >= 4 is 21.8 Å². The highest BCUT2D eigenvalue weighted by Gasteiger charge is 2.25. The minimum absolute atomic E-state index is 0.531. The van der Waals surface area contributed by atoms with Crippen LogP contribution in [0.2, 0.25) is 0 Å². The van der Waals surface area contributed by atoms with E-state index in [1.165, 1.54) is 33.4 Å². The molecule has 0 radical (unpaired) electrons. The maximum atomic E-state index is 10.9. The van der Waals surface area contributed by atoms with Crippen LogP contribution >= 0.6 is 0 Å². The molecule has 0 saturated carbocycles. The number of hydrogen-bond acceptors (Lipinski definition) is 4. The van der Waals surface area contributed by atoms with E-state index in [1.54, 1.807) is 0 Å². The quantitative estimate of drug-likeness (QED) is 0.152. The third-order valence-corrected chi connectivity index (χ3v) is 13.3. The lowest BCUT2D eigenvalue weighted by atomic mass is 9.88. The third-order valence-electron chi connectivity index (χ3n) is 13.3. The van der Waals surface area contributed by atoms with Crippen molar-refractivity contribution in [3.8, 4) is 96.2 Å². The highest BCUT2D eigenvalue weighted by Crippen LogP contribution is 2.47. The highest BCUT2D eigenvalue weighted by atomic mass is 15.0. The van der Waals surface area contributed by atoms with Crippen LogP contribution in [0, 0.1) is 50.4 Å². The Labute approximate surface area is 402 Å². The Bertz CT molecular complexity index is 3660. The van der Waals surface area contributed by atoms with Crippen molar-refractivity contribution in [2.75, 3.05) is 0 Å². The topological polar surface area (TPSA) is 78.3 Å². The molecule has 0 fully saturated rings. The standard InChI is InChI=1S/C64H45N5/c1-40-23-27-51(42(3)31-40)46-25-29-61-55(33-46)56-34-47(52-28-24-41(2)32-43(52)4)26-30-62(56)69(61)63-57(53-21-13-11-19-48(53)38-65)35-50(36-58(63)54-22-14-12-20-49(54)39-66)60-37-59(44-15-7-5-8-16-44)67-64(68-60)45-17-9-6-10-18-45/h5-37H,1-4H3. The number of benzene rings is 9. The van der Waals surface area contributed by atoms with Gasteiger partial charge in [0, 0.05) is 49.7 Å². The minimum atomic E-state index is 0.531. The van der Waals surface area contributed by atoms with Crippen molar-refractivity contribution in [3.05, 3.63) is 234 Å². The average Bonchev–Trinajstić information content (AvgIpc) is 3.71. The summed E-state index contributed by atoms with van der Waals surface area (Å²) in [6.45, 7) is 8.62. The molecule has 69 heavy (non-hydrogen) atoms. The molecule has 0 N–H and O–H groups in total. The van der Waals surface area contributed by atoms with E-state index in [0.29, 0.717) is 22.6 Å². The van der Waals surface area contributed by atoms with E-state index in [4.69, 9.17) is 9.97 Å². The number of aromatic nitrogens is 3. The van der Waals surface area contributed by atoms with Crippen molar-refractivity contribution in [1.82, 2.24) is 14.5 Å². The van der Waals surface area contributed by atoms with Crippen LogP contribution in [0.4, 0.5) is 0 Å². The van der Waals surface area contributed by atoms with Gasteiger partial charge in [-0.15, -0.1) is 0 Å². The van der Waals surface area contributed by atoms with Gasteiger partial charge in [-0.1, -0.05) is 157 Å². The van der Waals surface area contributed by atoms with Crippen molar-refractivity contribution in [2.24, 2.45) is 0 Å². The molecule has 0 aliphatic heterocycles. The second-order valence-electron chi connectivity index (χ2n) is 17.9. The van der Waals surface area contributed by atoms with Gasteiger partial charge in [-0.2, -0.15) is 10.5 Å². The Morgan fingerprint density at radius 3 is 1.29 bits per heavy atom. The maximum absolute atomic E-state index is 10.9. The van der Waals surface area contributed by atoms with Crippen molar-refractivity contribution in [3.63, 3.8) is 0 Å². The summed E-state index contributed by atoms with van der Waals surface area (Å²) in [7, 11) is 0. The average molecular weight is 884 g/mol. The van der Waals surface area contributed by atoms with Crippen molar-refractivity contribution < 1.29 is 0 Å². The van der Waals surface area contributed by atoms with E-state index in [2.05, 4.69) is 141 Å². The summed E-state index contributed by atoms with van der Waals surface area (Å²) in [5.74, 6) is 0.593. The number of nitrogens with zero attached hydrogens (tertiary/aromatic N) is 5. The fourth-order valence-electron chi connectivity index (χ4n) is 10.0. The molecule has 0 atom stereocenters. The summed E-state index contributed by atoms with van der Waals surface area (Å²) in [5, 5.41) is 23.9. The highest BCUT2D eigenvalue weighted by molar-refractivity contribution is 6.13. The normalized spacial score (nSPS) is 11.2. The summed E-state index contributed by atoms with van der Waals surface area (Å²) < 4.78 is 2.35. The van der Waals surface area contributed by atoms with E-state index in [1.807, 2.05) is 103 Å². The van der Waals surface area contributed by atoms with E-state index >= 15 is 0 Å².